The summed E-state index contributed by atoms with van der Waals surface area (Å²) in [6, 6.07) is 0. The van der Waals surface area contributed by atoms with Crippen LogP contribution in [0.15, 0.2) is 0 Å². The van der Waals surface area contributed by atoms with Gasteiger partial charge in [-0.25, -0.2) is 0 Å². The smallest absolute Gasteiger partial charge is 0.187 e. The molecule has 194 valence electrons. The number of hydrogen-bond acceptors (Lipinski definition) is 15. The van der Waals surface area contributed by atoms with Crippen molar-refractivity contribution in [3.8, 4) is 0 Å². The first kappa shape index (κ1) is 27.0. The average molecular weight is 488 g/mol. The standard InChI is InChI=1S/C18H32O15/c1-4-7(21)9(23)11(25)17(29-4)32-14-6(3-20)30-16(28)15(13(14)27)33-18-12(26)10(24)8(22)5(2-19)31-18/h4-28H,2-3H2,1H3/t4-,5+,6+,7-,8+,9+,10-,11+,12+,13-,14+,15+,16+,17-,18+/m0/s1. The van der Waals surface area contributed by atoms with Gasteiger partial charge in [-0.05, 0) is 6.92 Å². The number of ether oxygens (including phenoxy) is 5. The van der Waals surface area contributed by atoms with Gasteiger partial charge >= 0.3 is 0 Å². The van der Waals surface area contributed by atoms with Crippen molar-refractivity contribution < 1.29 is 74.7 Å². The summed E-state index contributed by atoms with van der Waals surface area (Å²) in [5.74, 6) is 0. The maximum absolute atomic E-state index is 10.8. The maximum atomic E-state index is 10.8. The van der Waals surface area contributed by atoms with Gasteiger partial charge in [0.1, 0.15) is 67.1 Å². The van der Waals surface area contributed by atoms with Gasteiger partial charge in [0, 0.05) is 0 Å². The fourth-order valence-electron chi connectivity index (χ4n) is 3.99. The first-order chi connectivity index (χ1) is 15.5. The summed E-state index contributed by atoms with van der Waals surface area (Å²) >= 11 is 0. The van der Waals surface area contributed by atoms with E-state index in [1.807, 2.05) is 0 Å². The molecular formula is C18H32O15. The molecule has 0 bridgehead atoms. The molecule has 33 heavy (non-hydrogen) atoms. The Hall–Kier alpha value is -0.600. The topological polar surface area (TPSA) is 248 Å². The Morgan fingerprint density at radius 3 is 1.64 bits per heavy atom. The van der Waals surface area contributed by atoms with Crippen molar-refractivity contribution in [2.45, 2.75) is 99.0 Å². The average Bonchev–Trinajstić information content (AvgIpc) is 2.79. The largest absolute Gasteiger partial charge is 0.394 e. The molecule has 3 heterocycles. The van der Waals surface area contributed by atoms with Gasteiger partial charge < -0.3 is 74.7 Å². The van der Waals surface area contributed by atoms with E-state index < -0.39 is 105 Å². The highest BCUT2D eigenvalue weighted by Crippen LogP contribution is 2.32. The third-order valence-corrected chi connectivity index (χ3v) is 6.05. The van der Waals surface area contributed by atoms with Gasteiger partial charge in [0.2, 0.25) is 0 Å². The molecular weight excluding hydrogens is 456 g/mol. The zero-order valence-electron chi connectivity index (χ0n) is 17.6. The van der Waals surface area contributed by atoms with E-state index in [0.29, 0.717) is 0 Å². The highest BCUT2D eigenvalue weighted by Gasteiger charge is 2.53. The van der Waals surface area contributed by atoms with Gasteiger partial charge in [0.15, 0.2) is 18.9 Å². The summed E-state index contributed by atoms with van der Waals surface area (Å²) in [6.07, 6.45) is -23.9. The summed E-state index contributed by atoms with van der Waals surface area (Å²) in [4.78, 5) is 0. The van der Waals surface area contributed by atoms with Crippen LogP contribution in [0.4, 0.5) is 0 Å². The fraction of sp³-hybridized carbons (Fsp3) is 1.00. The molecule has 0 aromatic heterocycles. The summed E-state index contributed by atoms with van der Waals surface area (Å²) in [5, 5.41) is 99.8. The summed E-state index contributed by atoms with van der Waals surface area (Å²) in [5.41, 5.74) is 0. The minimum absolute atomic E-state index is 0.737. The van der Waals surface area contributed by atoms with E-state index in [-0.39, 0.29) is 0 Å². The lowest BCUT2D eigenvalue weighted by atomic mass is 9.96. The predicted octanol–water partition coefficient (Wildman–Crippen LogP) is -6.55. The monoisotopic (exact) mass is 488 g/mol. The maximum Gasteiger partial charge on any atom is 0.187 e. The normalized spacial score (nSPS) is 53.7. The fourth-order valence-corrected chi connectivity index (χ4v) is 3.99. The van der Waals surface area contributed by atoms with Crippen LogP contribution >= 0.6 is 0 Å². The number of rotatable bonds is 6. The molecule has 15 atom stereocenters. The second-order valence-electron chi connectivity index (χ2n) is 8.32. The molecule has 0 aromatic rings. The predicted molar refractivity (Wildman–Crippen MR) is 99.8 cm³/mol. The van der Waals surface area contributed by atoms with Crippen LogP contribution in [0, 0.1) is 0 Å². The number of hydrogen-bond donors (Lipinski definition) is 10. The van der Waals surface area contributed by atoms with Gasteiger partial charge in [0.05, 0.1) is 19.3 Å². The van der Waals surface area contributed by atoms with E-state index >= 15 is 0 Å². The molecule has 3 aliphatic heterocycles. The van der Waals surface area contributed by atoms with Crippen molar-refractivity contribution in [1.82, 2.24) is 0 Å². The Balaban J connectivity index is 1.75. The molecule has 10 N–H and O–H groups in total. The first-order valence-corrected chi connectivity index (χ1v) is 10.4. The summed E-state index contributed by atoms with van der Waals surface area (Å²) in [7, 11) is 0. The quantitative estimate of drug-likeness (QED) is 0.167. The highest BCUT2D eigenvalue weighted by molar-refractivity contribution is 4.95. The van der Waals surface area contributed by atoms with Crippen molar-refractivity contribution in [3.63, 3.8) is 0 Å². The van der Waals surface area contributed by atoms with Gasteiger partial charge in [0.25, 0.3) is 0 Å². The van der Waals surface area contributed by atoms with Gasteiger partial charge in [-0.2, -0.15) is 0 Å². The van der Waals surface area contributed by atoms with Crippen molar-refractivity contribution in [3.05, 3.63) is 0 Å². The second kappa shape index (κ2) is 11.0. The molecule has 3 fully saturated rings. The Labute approximate surface area is 187 Å². The number of aliphatic hydroxyl groups excluding tert-OH is 10. The molecule has 0 amide bonds. The van der Waals surface area contributed by atoms with Crippen LogP contribution in [0.2, 0.25) is 0 Å². The Morgan fingerprint density at radius 1 is 0.545 bits per heavy atom. The van der Waals surface area contributed by atoms with Crippen LogP contribution in [-0.4, -0.2) is 156 Å². The molecule has 0 radical (unpaired) electrons. The number of aliphatic hydroxyl groups is 10. The molecule has 0 spiro atoms. The van der Waals surface area contributed by atoms with E-state index in [2.05, 4.69) is 0 Å². The van der Waals surface area contributed by atoms with Gasteiger partial charge in [-0.1, -0.05) is 0 Å². The van der Waals surface area contributed by atoms with Gasteiger partial charge in [-0.3, -0.25) is 0 Å². The lowest BCUT2D eigenvalue weighted by molar-refractivity contribution is -0.381. The molecule has 15 nitrogen and oxygen atoms in total. The molecule has 15 heteroatoms. The van der Waals surface area contributed by atoms with Crippen molar-refractivity contribution in [1.29, 1.82) is 0 Å². The van der Waals surface area contributed by atoms with Crippen molar-refractivity contribution in [2.24, 2.45) is 0 Å². The molecule has 3 saturated heterocycles. The third kappa shape index (κ3) is 5.32. The second-order valence-corrected chi connectivity index (χ2v) is 8.32. The van der Waals surface area contributed by atoms with E-state index in [4.69, 9.17) is 23.7 Å². The Bertz CT molecular complexity index is 624. The minimum atomic E-state index is -1.88. The Morgan fingerprint density at radius 2 is 1.06 bits per heavy atom. The third-order valence-electron chi connectivity index (χ3n) is 6.05. The molecule has 0 saturated carbocycles. The lowest BCUT2D eigenvalue weighted by Gasteiger charge is -2.47. The molecule has 3 aliphatic rings. The van der Waals surface area contributed by atoms with E-state index in [0.717, 1.165) is 0 Å². The molecule has 3 rings (SSSR count). The first-order valence-electron chi connectivity index (χ1n) is 10.4. The van der Waals surface area contributed by atoms with Crippen molar-refractivity contribution >= 4 is 0 Å². The lowest BCUT2D eigenvalue weighted by Crippen LogP contribution is -2.66. The van der Waals surface area contributed by atoms with Crippen LogP contribution in [0.25, 0.3) is 0 Å². The van der Waals surface area contributed by atoms with Crippen LogP contribution in [0.3, 0.4) is 0 Å². The zero-order valence-corrected chi connectivity index (χ0v) is 17.6. The van der Waals surface area contributed by atoms with E-state index in [1.54, 1.807) is 0 Å². The Kier molecular flexibility index (Phi) is 8.99. The van der Waals surface area contributed by atoms with E-state index in [9.17, 15) is 51.1 Å². The molecule has 0 aromatic carbocycles. The van der Waals surface area contributed by atoms with Gasteiger partial charge in [-0.15, -0.1) is 0 Å². The summed E-state index contributed by atoms with van der Waals surface area (Å²) in [6.45, 7) is -0.0873. The highest BCUT2D eigenvalue weighted by atomic mass is 16.8. The molecule has 0 unspecified atom stereocenters. The molecule has 0 aliphatic carbocycles. The van der Waals surface area contributed by atoms with Crippen LogP contribution < -0.4 is 0 Å². The van der Waals surface area contributed by atoms with Crippen LogP contribution in [0.5, 0.6) is 0 Å². The minimum Gasteiger partial charge on any atom is -0.394 e. The van der Waals surface area contributed by atoms with Crippen LogP contribution in [0.1, 0.15) is 6.92 Å². The summed E-state index contributed by atoms with van der Waals surface area (Å²) < 4.78 is 26.6. The van der Waals surface area contributed by atoms with E-state index in [1.165, 1.54) is 6.92 Å². The SMILES string of the molecule is C[C@@H]1O[C@@H](O[C@H]2[C@H](O)[C@@H](O[C@H]3O[C@H](CO)[C@@H](O)[C@H](O)[C@H]3O)[C@H](O)O[C@@H]2CO)[C@H](O)[C@H](O)[C@H]1O. The van der Waals surface area contributed by atoms with Crippen LogP contribution in [-0.2, 0) is 23.7 Å². The zero-order chi connectivity index (χ0) is 24.6. The van der Waals surface area contributed by atoms with Crippen molar-refractivity contribution in [2.75, 3.05) is 13.2 Å².